The SMILES string of the molecule is COc1cc(C(=O)OC[C@]2(O)CO[C@@H](OC[C@H]3O[C@@H](OC(C)C)[C@H](O)[C@@H](O)[C@@H]3O)[C@@H]2O)cc(OC)c1O. The van der Waals surface area contributed by atoms with Crippen LogP contribution < -0.4 is 9.47 Å². The lowest BCUT2D eigenvalue weighted by Crippen LogP contribution is -2.60. The molecule has 0 amide bonds. The molecule has 3 rings (SSSR count). The first kappa shape index (κ1) is 29.3. The Bertz CT molecular complexity index is 900. The molecule has 14 heteroatoms. The van der Waals surface area contributed by atoms with Crippen LogP contribution in [0.15, 0.2) is 12.1 Å². The lowest BCUT2D eigenvalue weighted by molar-refractivity contribution is -0.316. The van der Waals surface area contributed by atoms with E-state index in [1.165, 1.54) is 26.4 Å². The molecule has 8 atom stereocenters. The highest BCUT2D eigenvalue weighted by molar-refractivity contribution is 5.91. The number of phenolic OH excluding ortho intramolecular Hbond substituents is 1. The predicted molar refractivity (Wildman–Crippen MR) is 121 cm³/mol. The molecule has 0 saturated carbocycles. The van der Waals surface area contributed by atoms with E-state index in [4.69, 9.17) is 33.2 Å². The number of aromatic hydroxyl groups is 1. The molecule has 0 aromatic heterocycles. The van der Waals surface area contributed by atoms with E-state index in [1.807, 2.05) is 0 Å². The zero-order valence-corrected chi connectivity index (χ0v) is 20.8. The molecule has 37 heavy (non-hydrogen) atoms. The summed E-state index contributed by atoms with van der Waals surface area (Å²) in [5.41, 5.74) is -2.07. The van der Waals surface area contributed by atoms with Gasteiger partial charge in [0, 0.05) is 0 Å². The molecular formula is C23H34O14. The highest BCUT2D eigenvalue weighted by Crippen LogP contribution is 2.37. The van der Waals surface area contributed by atoms with Crippen LogP contribution in [0, 0.1) is 0 Å². The Morgan fingerprint density at radius 3 is 2.24 bits per heavy atom. The van der Waals surface area contributed by atoms with Gasteiger partial charge in [-0.25, -0.2) is 4.79 Å². The molecule has 0 spiro atoms. The highest BCUT2D eigenvalue weighted by Gasteiger charge is 2.51. The fourth-order valence-corrected chi connectivity index (χ4v) is 3.83. The second-order valence-corrected chi connectivity index (χ2v) is 9.07. The zero-order chi connectivity index (χ0) is 27.5. The van der Waals surface area contributed by atoms with Crippen molar-refractivity contribution in [3.05, 3.63) is 17.7 Å². The summed E-state index contributed by atoms with van der Waals surface area (Å²) in [4.78, 5) is 12.5. The smallest absolute Gasteiger partial charge is 0.338 e. The van der Waals surface area contributed by atoms with Gasteiger partial charge < -0.3 is 63.8 Å². The van der Waals surface area contributed by atoms with Crippen LogP contribution in [0.3, 0.4) is 0 Å². The van der Waals surface area contributed by atoms with E-state index in [9.17, 15) is 35.4 Å². The van der Waals surface area contributed by atoms with Gasteiger partial charge in [0.15, 0.2) is 29.7 Å². The van der Waals surface area contributed by atoms with Gasteiger partial charge in [-0.05, 0) is 26.0 Å². The van der Waals surface area contributed by atoms with E-state index in [0.29, 0.717) is 0 Å². The highest BCUT2D eigenvalue weighted by atomic mass is 16.7. The first-order valence-electron chi connectivity index (χ1n) is 11.5. The number of phenols is 1. The van der Waals surface area contributed by atoms with Crippen molar-refractivity contribution in [3.63, 3.8) is 0 Å². The lowest BCUT2D eigenvalue weighted by atomic mass is 9.99. The van der Waals surface area contributed by atoms with Gasteiger partial charge >= 0.3 is 5.97 Å². The summed E-state index contributed by atoms with van der Waals surface area (Å²) in [7, 11) is 2.58. The molecule has 1 aromatic carbocycles. The number of hydrogen-bond donors (Lipinski definition) is 6. The maximum absolute atomic E-state index is 12.5. The van der Waals surface area contributed by atoms with Gasteiger partial charge in [-0.15, -0.1) is 0 Å². The van der Waals surface area contributed by atoms with Crippen molar-refractivity contribution in [3.8, 4) is 17.2 Å². The van der Waals surface area contributed by atoms with Crippen LogP contribution in [0.5, 0.6) is 17.2 Å². The van der Waals surface area contributed by atoms with Gasteiger partial charge in [0.05, 0.1) is 39.1 Å². The molecule has 0 bridgehead atoms. The predicted octanol–water partition coefficient (Wildman–Crippen LogP) is -1.74. The molecule has 6 N–H and O–H groups in total. The number of benzene rings is 1. The van der Waals surface area contributed by atoms with Crippen LogP contribution >= 0.6 is 0 Å². The van der Waals surface area contributed by atoms with Gasteiger partial charge in [-0.2, -0.15) is 0 Å². The minimum Gasteiger partial charge on any atom is -0.502 e. The van der Waals surface area contributed by atoms with Crippen molar-refractivity contribution in [2.24, 2.45) is 0 Å². The number of methoxy groups -OCH3 is 2. The quantitative estimate of drug-likeness (QED) is 0.185. The Morgan fingerprint density at radius 1 is 1.05 bits per heavy atom. The summed E-state index contributed by atoms with van der Waals surface area (Å²) in [5, 5.41) is 61.7. The zero-order valence-electron chi connectivity index (χ0n) is 20.8. The molecule has 2 saturated heterocycles. The first-order valence-corrected chi connectivity index (χ1v) is 11.5. The Hall–Kier alpha value is -2.27. The van der Waals surface area contributed by atoms with Gasteiger partial charge in [-0.1, -0.05) is 0 Å². The summed E-state index contributed by atoms with van der Waals surface area (Å²) in [6, 6.07) is 2.43. The third-order valence-electron chi connectivity index (χ3n) is 5.97. The molecule has 0 unspecified atom stereocenters. The minimum atomic E-state index is -2.03. The minimum absolute atomic E-state index is 0.0338. The monoisotopic (exact) mass is 534 g/mol. The maximum Gasteiger partial charge on any atom is 0.338 e. The van der Waals surface area contributed by atoms with Crippen molar-refractivity contribution in [1.29, 1.82) is 0 Å². The number of aliphatic hydroxyl groups is 5. The Kier molecular flexibility index (Phi) is 9.55. The van der Waals surface area contributed by atoms with Crippen LogP contribution in [0.4, 0.5) is 0 Å². The van der Waals surface area contributed by atoms with Gasteiger partial charge in [0.1, 0.15) is 37.1 Å². The molecule has 2 heterocycles. The van der Waals surface area contributed by atoms with Crippen molar-refractivity contribution >= 4 is 5.97 Å². The van der Waals surface area contributed by atoms with Gasteiger partial charge in [-0.3, -0.25) is 0 Å². The van der Waals surface area contributed by atoms with Crippen molar-refractivity contribution in [2.75, 3.05) is 34.0 Å². The summed E-state index contributed by atoms with van der Waals surface area (Å²) in [6.07, 6.45) is -10.4. The second-order valence-electron chi connectivity index (χ2n) is 9.07. The van der Waals surface area contributed by atoms with Gasteiger partial charge in [0.2, 0.25) is 5.75 Å². The van der Waals surface area contributed by atoms with E-state index >= 15 is 0 Å². The second kappa shape index (κ2) is 12.1. The maximum atomic E-state index is 12.5. The summed E-state index contributed by atoms with van der Waals surface area (Å²) in [5.74, 6) is -1.28. The average Bonchev–Trinajstić information content (AvgIpc) is 3.15. The topological polar surface area (TPSA) is 203 Å². The fraction of sp³-hybridized carbons (Fsp3) is 0.696. The van der Waals surface area contributed by atoms with Crippen LogP contribution in [0.25, 0.3) is 0 Å². The number of hydrogen-bond acceptors (Lipinski definition) is 14. The Balaban J connectivity index is 1.58. The molecule has 14 nitrogen and oxygen atoms in total. The number of aliphatic hydroxyl groups excluding tert-OH is 4. The molecule has 210 valence electrons. The van der Waals surface area contributed by atoms with Gasteiger partial charge in [0.25, 0.3) is 0 Å². The van der Waals surface area contributed by atoms with Crippen LogP contribution in [0.2, 0.25) is 0 Å². The molecule has 2 aliphatic rings. The molecule has 2 aliphatic heterocycles. The van der Waals surface area contributed by atoms with Crippen LogP contribution in [0.1, 0.15) is 24.2 Å². The summed E-state index contributed by atoms with van der Waals surface area (Å²) < 4.78 is 36.8. The third kappa shape index (κ3) is 6.42. The summed E-state index contributed by atoms with van der Waals surface area (Å²) >= 11 is 0. The molecule has 0 radical (unpaired) electrons. The van der Waals surface area contributed by atoms with E-state index in [1.54, 1.807) is 13.8 Å². The molecule has 1 aromatic rings. The van der Waals surface area contributed by atoms with E-state index < -0.39 is 74.5 Å². The largest absolute Gasteiger partial charge is 0.502 e. The normalized spacial score (nSPS) is 33.9. The number of rotatable bonds is 10. The molecule has 2 fully saturated rings. The number of esters is 1. The van der Waals surface area contributed by atoms with Crippen LogP contribution in [-0.4, -0.2) is 125 Å². The molecule has 0 aliphatic carbocycles. The number of carbonyl (C=O) groups excluding carboxylic acids is 1. The fourth-order valence-electron chi connectivity index (χ4n) is 3.83. The summed E-state index contributed by atoms with van der Waals surface area (Å²) in [6.45, 7) is 1.88. The number of ether oxygens (including phenoxy) is 7. The van der Waals surface area contributed by atoms with Crippen molar-refractivity contribution in [1.82, 2.24) is 0 Å². The van der Waals surface area contributed by atoms with Crippen molar-refractivity contribution < 1.29 is 68.6 Å². The Morgan fingerprint density at radius 2 is 1.68 bits per heavy atom. The average molecular weight is 535 g/mol. The third-order valence-corrected chi connectivity index (χ3v) is 5.97. The lowest BCUT2D eigenvalue weighted by Gasteiger charge is -2.41. The Labute approximate surface area is 212 Å². The standard InChI is InChI=1S/C23H34O14/c1-10(2)36-21-18(27)17(26)16(25)14(37-21)7-33-22-19(28)23(30,9-35-22)8-34-20(29)11-5-12(31-3)15(24)13(6-11)32-4/h5-6,10,14,16-19,21-22,24-28,30H,7-9H2,1-4H3/t14-,16-,17+,18-,19+,21-,22-,23+/m1/s1. The van der Waals surface area contributed by atoms with E-state index in [0.717, 1.165) is 0 Å². The first-order chi connectivity index (χ1) is 17.4. The van der Waals surface area contributed by atoms with E-state index in [2.05, 4.69) is 0 Å². The van der Waals surface area contributed by atoms with E-state index in [-0.39, 0.29) is 28.9 Å². The molecular weight excluding hydrogens is 500 g/mol. The number of carbonyl (C=O) groups is 1. The van der Waals surface area contributed by atoms with Crippen LogP contribution in [-0.2, 0) is 23.7 Å². The van der Waals surface area contributed by atoms with Crippen molar-refractivity contribution in [2.45, 2.75) is 68.7 Å².